The number of hydrogen-bond acceptors (Lipinski definition) is 4. The van der Waals surface area contributed by atoms with Gasteiger partial charge in [-0.2, -0.15) is 5.26 Å². The number of rotatable bonds is 5. The number of carbonyl (C=O) groups excluding carboxylic acids is 1. The van der Waals surface area contributed by atoms with Crippen LogP contribution in [0.1, 0.15) is 27.2 Å². The van der Waals surface area contributed by atoms with E-state index < -0.39 is 11.7 Å². The molecule has 0 aliphatic rings. The Labute approximate surface area is 175 Å². The molecule has 0 spiro atoms. The second kappa shape index (κ2) is 8.24. The summed E-state index contributed by atoms with van der Waals surface area (Å²) in [7, 11) is 0. The summed E-state index contributed by atoms with van der Waals surface area (Å²) >= 11 is 12.0. The predicted octanol–water partition coefficient (Wildman–Crippen LogP) is 4.12. The third-order valence-corrected chi connectivity index (χ3v) is 4.49. The quantitative estimate of drug-likeness (QED) is 0.618. The van der Waals surface area contributed by atoms with Gasteiger partial charge >= 0.3 is 0 Å². The van der Waals surface area contributed by atoms with Crippen LogP contribution in [0.4, 0.5) is 4.39 Å². The van der Waals surface area contributed by atoms with E-state index in [9.17, 15) is 4.79 Å². The molecule has 1 amide bonds. The minimum atomic E-state index is -0.798. The number of terminal acetylenes is 1. The summed E-state index contributed by atoms with van der Waals surface area (Å²) in [6, 6.07) is 9.20. The number of benzene rings is 2. The molecule has 1 aromatic heterocycles. The van der Waals surface area contributed by atoms with Crippen molar-refractivity contribution < 1.29 is 13.9 Å². The fourth-order valence-electron chi connectivity index (χ4n) is 2.62. The van der Waals surface area contributed by atoms with Crippen LogP contribution in [0, 0.1) is 29.5 Å². The largest absolute Gasteiger partial charge is 0.453 e. The maximum absolute atomic E-state index is 15.1. The van der Waals surface area contributed by atoms with Gasteiger partial charge in [-0.25, -0.2) is 9.37 Å². The molecule has 0 saturated carbocycles. The Morgan fingerprint density at radius 3 is 2.69 bits per heavy atom. The van der Waals surface area contributed by atoms with Crippen molar-refractivity contribution in [3.8, 4) is 29.9 Å². The number of hydrogen-bond donors (Lipinski definition) is 1. The molecule has 2 N–H and O–H groups in total. The SMILES string of the molecule is C#Cc1cc(C#N)cc(Oc2c(Cl)ccc(Cn3cnc(Cl)c3C(N)=O)c2F)c1. The highest BCUT2D eigenvalue weighted by Gasteiger charge is 2.19. The van der Waals surface area contributed by atoms with E-state index in [0.717, 1.165) is 0 Å². The highest BCUT2D eigenvalue weighted by atomic mass is 35.5. The van der Waals surface area contributed by atoms with E-state index in [1.54, 1.807) is 0 Å². The number of primary amides is 1. The average molecular weight is 429 g/mol. The molecule has 6 nitrogen and oxygen atoms in total. The Morgan fingerprint density at radius 1 is 1.31 bits per heavy atom. The van der Waals surface area contributed by atoms with Crippen molar-refractivity contribution in [2.45, 2.75) is 6.54 Å². The zero-order valence-corrected chi connectivity index (χ0v) is 16.1. The Kier molecular flexibility index (Phi) is 5.74. The first-order chi connectivity index (χ1) is 13.8. The molecule has 9 heteroatoms. The summed E-state index contributed by atoms with van der Waals surface area (Å²) in [6.45, 7) is -0.0921. The fraction of sp³-hybridized carbons (Fsp3) is 0.0500. The van der Waals surface area contributed by atoms with Crippen molar-refractivity contribution in [3.05, 3.63) is 75.0 Å². The Hall–Kier alpha value is -3.52. The molecular weight excluding hydrogens is 418 g/mol. The van der Waals surface area contributed by atoms with Crippen molar-refractivity contribution >= 4 is 29.1 Å². The lowest BCUT2D eigenvalue weighted by Crippen LogP contribution is -2.18. The summed E-state index contributed by atoms with van der Waals surface area (Å²) in [6.07, 6.45) is 6.64. The van der Waals surface area contributed by atoms with Crippen LogP contribution in [-0.2, 0) is 6.54 Å². The molecule has 0 radical (unpaired) electrons. The minimum absolute atomic E-state index is 0.00894. The van der Waals surface area contributed by atoms with E-state index in [1.165, 1.54) is 41.2 Å². The number of nitrogens with two attached hydrogens (primary N) is 1. The van der Waals surface area contributed by atoms with E-state index in [-0.39, 0.29) is 45.0 Å². The Balaban J connectivity index is 2.00. The van der Waals surface area contributed by atoms with Crippen molar-refractivity contribution in [3.63, 3.8) is 0 Å². The smallest absolute Gasteiger partial charge is 0.268 e. The number of imidazole rings is 1. The second-order valence-electron chi connectivity index (χ2n) is 5.83. The van der Waals surface area contributed by atoms with Crippen molar-refractivity contribution in [2.75, 3.05) is 0 Å². The maximum Gasteiger partial charge on any atom is 0.268 e. The van der Waals surface area contributed by atoms with Gasteiger partial charge in [0.05, 0.1) is 29.5 Å². The maximum atomic E-state index is 15.1. The molecule has 1 heterocycles. The van der Waals surface area contributed by atoms with Gasteiger partial charge < -0.3 is 15.0 Å². The second-order valence-corrected chi connectivity index (χ2v) is 6.60. The zero-order chi connectivity index (χ0) is 21.1. The Bertz CT molecular complexity index is 1180. The first kappa shape index (κ1) is 20.2. The van der Waals surface area contributed by atoms with Gasteiger partial charge in [-0.1, -0.05) is 35.2 Å². The molecule has 0 saturated heterocycles. The van der Waals surface area contributed by atoms with Crippen LogP contribution in [0.5, 0.6) is 11.5 Å². The molecule has 0 aliphatic heterocycles. The third-order valence-electron chi connectivity index (χ3n) is 3.92. The number of amides is 1. The van der Waals surface area contributed by atoms with Gasteiger partial charge in [0.1, 0.15) is 11.4 Å². The number of halogens is 3. The average Bonchev–Trinajstić information content (AvgIpc) is 3.07. The van der Waals surface area contributed by atoms with Crippen molar-refractivity contribution in [1.29, 1.82) is 5.26 Å². The highest BCUT2D eigenvalue weighted by Crippen LogP contribution is 2.35. The van der Waals surface area contributed by atoms with Crippen LogP contribution >= 0.6 is 23.2 Å². The highest BCUT2D eigenvalue weighted by molar-refractivity contribution is 6.32. The molecule has 0 fully saturated rings. The normalized spacial score (nSPS) is 10.2. The van der Waals surface area contributed by atoms with Crippen LogP contribution < -0.4 is 10.5 Å². The first-order valence-electron chi connectivity index (χ1n) is 8.01. The summed E-state index contributed by atoms with van der Waals surface area (Å²) in [5.74, 6) is 0.732. The van der Waals surface area contributed by atoms with E-state index >= 15 is 4.39 Å². The lowest BCUT2D eigenvalue weighted by atomic mass is 10.1. The molecule has 144 valence electrons. The zero-order valence-electron chi connectivity index (χ0n) is 14.6. The number of nitrogens with zero attached hydrogens (tertiary/aromatic N) is 3. The van der Waals surface area contributed by atoms with Crippen LogP contribution in [0.25, 0.3) is 0 Å². The van der Waals surface area contributed by atoms with E-state index in [0.29, 0.717) is 5.56 Å². The van der Waals surface area contributed by atoms with Crippen LogP contribution in [0.2, 0.25) is 10.2 Å². The van der Waals surface area contributed by atoms with Crippen molar-refractivity contribution in [2.24, 2.45) is 5.73 Å². The first-order valence-corrected chi connectivity index (χ1v) is 8.76. The fourth-order valence-corrected chi connectivity index (χ4v) is 3.05. The monoisotopic (exact) mass is 428 g/mol. The molecule has 3 rings (SSSR count). The molecule has 0 aliphatic carbocycles. The minimum Gasteiger partial charge on any atom is -0.453 e. The van der Waals surface area contributed by atoms with Gasteiger partial charge in [-0.05, 0) is 24.3 Å². The van der Waals surface area contributed by atoms with Gasteiger partial charge in [-0.15, -0.1) is 6.42 Å². The molecule has 3 aromatic rings. The van der Waals surface area contributed by atoms with Gasteiger partial charge in [0, 0.05) is 11.1 Å². The molecule has 0 atom stereocenters. The number of ether oxygens (including phenoxy) is 1. The third kappa shape index (κ3) is 4.17. The molecule has 2 aromatic carbocycles. The van der Waals surface area contributed by atoms with Crippen LogP contribution in [0.3, 0.4) is 0 Å². The number of carbonyl (C=O) groups is 1. The molecule has 0 bridgehead atoms. The number of nitriles is 1. The Morgan fingerprint density at radius 2 is 2.03 bits per heavy atom. The summed E-state index contributed by atoms with van der Waals surface area (Å²) < 4.78 is 22.0. The molecular formula is C20H11Cl2FN4O2. The van der Waals surface area contributed by atoms with Crippen LogP contribution in [-0.4, -0.2) is 15.5 Å². The van der Waals surface area contributed by atoms with E-state index in [2.05, 4.69) is 10.9 Å². The number of aromatic nitrogens is 2. The topological polar surface area (TPSA) is 93.9 Å². The lowest BCUT2D eigenvalue weighted by Gasteiger charge is -2.13. The lowest BCUT2D eigenvalue weighted by molar-refractivity contribution is 0.0992. The molecule has 29 heavy (non-hydrogen) atoms. The summed E-state index contributed by atoms with van der Waals surface area (Å²) in [5.41, 5.74) is 6.04. The van der Waals surface area contributed by atoms with Gasteiger partial charge in [0.15, 0.2) is 16.7 Å². The molecule has 0 unspecified atom stereocenters. The summed E-state index contributed by atoms with van der Waals surface area (Å²) in [5, 5.41) is 9.03. The van der Waals surface area contributed by atoms with E-state index in [4.69, 9.17) is 45.4 Å². The van der Waals surface area contributed by atoms with Crippen molar-refractivity contribution in [1.82, 2.24) is 9.55 Å². The van der Waals surface area contributed by atoms with Gasteiger partial charge in [0.25, 0.3) is 5.91 Å². The van der Waals surface area contributed by atoms with Gasteiger partial charge in [0.2, 0.25) is 0 Å². The van der Waals surface area contributed by atoms with Crippen LogP contribution in [0.15, 0.2) is 36.7 Å². The van der Waals surface area contributed by atoms with Gasteiger partial charge in [-0.3, -0.25) is 4.79 Å². The summed E-state index contributed by atoms with van der Waals surface area (Å²) in [4.78, 5) is 15.4. The standard InChI is InChI=1S/C20H11Cl2FN4O2/c1-2-11-5-12(8-24)7-14(6-11)29-18-15(21)4-3-13(16(18)23)9-27-10-26-19(22)17(27)20(25)28/h1,3-7,10H,9H2,(H2,25,28). The predicted molar refractivity (Wildman–Crippen MR) is 105 cm³/mol. The van der Waals surface area contributed by atoms with E-state index in [1.807, 2.05) is 6.07 Å².